The number of hydrogen-bond acceptors (Lipinski definition) is 7. The number of nitro groups is 1. The molecular weight excluding hydrogens is 412 g/mol. The second-order valence-corrected chi connectivity index (χ2v) is 6.86. The van der Waals surface area contributed by atoms with Gasteiger partial charge in [0, 0.05) is 12.1 Å². The van der Waals surface area contributed by atoms with Crippen molar-refractivity contribution in [2.45, 2.75) is 6.61 Å². The van der Waals surface area contributed by atoms with E-state index >= 15 is 0 Å². The fourth-order valence-electron chi connectivity index (χ4n) is 3.18. The van der Waals surface area contributed by atoms with Crippen LogP contribution in [0.3, 0.4) is 0 Å². The maximum absolute atomic E-state index is 10.8. The van der Waals surface area contributed by atoms with Gasteiger partial charge in [0.15, 0.2) is 23.0 Å². The van der Waals surface area contributed by atoms with Crippen molar-refractivity contribution < 1.29 is 23.9 Å². The number of nitro benzene ring substituents is 1. The number of rotatable bonds is 7. The van der Waals surface area contributed by atoms with E-state index in [4.69, 9.17) is 18.9 Å². The first-order valence-corrected chi connectivity index (χ1v) is 9.63. The molecule has 3 aromatic rings. The van der Waals surface area contributed by atoms with Gasteiger partial charge in [-0.1, -0.05) is 6.07 Å². The van der Waals surface area contributed by atoms with Gasteiger partial charge in [-0.25, -0.2) is 0 Å². The molecule has 0 radical (unpaired) electrons. The molecule has 3 aromatic carbocycles. The highest BCUT2D eigenvalue weighted by molar-refractivity contribution is 5.90. The van der Waals surface area contributed by atoms with Gasteiger partial charge >= 0.3 is 0 Å². The van der Waals surface area contributed by atoms with Crippen molar-refractivity contribution in [3.8, 4) is 29.1 Å². The summed E-state index contributed by atoms with van der Waals surface area (Å²) in [5.74, 6) is 2.28. The van der Waals surface area contributed by atoms with Gasteiger partial charge in [-0.05, 0) is 65.2 Å². The van der Waals surface area contributed by atoms with Gasteiger partial charge in [0.1, 0.15) is 6.61 Å². The van der Waals surface area contributed by atoms with Crippen molar-refractivity contribution in [2.24, 2.45) is 0 Å². The highest BCUT2D eigenvalue weighted by Gasteiger charge is 2.15. The number of fused-ring (bicyclic) bond motifs is 1. The lowest BCUT2D eigenvalue weighted by Crippen LogP contribution is -1.98. The molecule has 0 bridgehead atoms. The van der Waals surface area contributed by atoms with E-state index in [1.165, 1.54) is 19.2 Å². The second-order valence-electron chi connectivity index (χ2n) is 6.86. The number of benzene rings is 3. The number of non-ortho nitro benzene ring substituents is 1. The zero-order chi connectivity index (χ0) is 22.5. The molecule has 0 atom stereocenters. The molecule has 0 saturated carbocycles. The van der Waals surface area contributed by atoms with Crippen LogP contribution in [-0.2, 0) is 6.61 Å². The van der Waals surface area contributed by atoms with Crippen molar-refractivity contribution in [1.29, 1.82) is 5.26 Å². The Hall–Kier alpha value is -4.51. The second kappa shape index (κ2) is 9.10. The molecule has 0 unspecified atom stereocenters. The predicted octanol–water partition coefficient (Wildman–Crippen LogP) is 4.98. The molecule has 32 heavy (non-hydrogen) atoms. The summed E-state index contributed by atoms with van der Waals surface area (Å²) < 4.78 is 22.0. The maximum Gasteiger partial charge on any atom is 0.269 e. The summed E-state index contributed by atoms with van der Waals surface area (Å²) >= 11 is 0. The van der Waals surface area contributed by atoms with Crippen LogP contribution in [0.1, 0.15) is 16.7 Å². The van der Waals surface area contributed by atoms with E-state index in [9.17, 15) is 15.4 Å². The maximum atomic E-state index is 10.8. The first kappa shape index (κ1) is 20.8. The van der Waals surface area contributed by atoms with Crippen molar-refractivity contribution >= 4 is 17.3 Å². The van der Waals surface area contributed by atoms with E-state index in [1.54, 1.807) is 42.5 Å². The number of nitrogens with zero attached hydrogens (tertiary/aromatic N) is 2. The molecule has 0 saturated heterocycles. The van der Waals surface area contributed by atoms with E-state index < -0.39 is 4.92 Å². The Labute approximate surface area is 184 Å². The third-order valence-corrected chi connectivity index (χ3v) is 4.84. The van der Waals surface area contributed by atoms with Gasteiger partial charge in [0.05, 0.1) is 23.7 Å². The first-order chi connectivity index (χ1) is 15.6. The van der Waals surface area contributed by atoms with E-state index in [1.807, 2.05) is 12.1 Å². The molecule has 1 aliphatic rings. The smallest absolute Gasteiger partial charge is 0.269 e. The lowest BCUT2D eigenvalue weighted by atomic mass is 10.0. The Bertz CT molecular complexity index is 1230. The Morgan fingerprint density at radius 2 is 1.88 bits per heavy atom. The van der Waals surface area contributed by atoms with E-state index in [0.717, 1.165) is 11.1 Å². The van der Waals surface area contributed by atoms with Crippen LogP contribution in [0.4, 0.5) is 5.69 Å². The van der Waals surface area contributed by atoms with Crippen LogP contribution in [0.2, 0.25) is 0 Å². The fourth-order valence-corrected chi connectivity index (χ4v) is 3.18. The zero-order valence-corrected chi connectivity index (χ0v) is 17.1. The van der Waals surface area contributed by atoms with Gasteiger partial charge in [-0.2, -0.15) is 5.26 Å². The molecule has 1 heterocycles. The molecule has 8 heteroatoms. The predicted molar refractivity (Wildman–Crippen MR) is 116 cm³/mol. The average Bonchev–Trinajstić information content (AvgIpc) is 3.29. The van der Waals surface area contributed by atoms with Crippen molar-refractivity contribution in [3.05, 3.63) is 87.5 Å². The number of allylic oxidation sites excluding steroid dienone is 1. The summed E-state index contributed by atoms with van der Waals surface area (Å²) in [6, 6.07) is 19.1. The van der Waals surface area contributed by atoms with Gasteiger partial charge in [0.25, 0.3) is 5.69 Å². The summed E-state index contributed by atoms with van der Waals surface area (Å²) in [5.41, 5.74) is 2.76. The summed E-state index contributed by atoms with van der Waals surface area (Å²) in [6.45, 7) is 0.396. The monoisotopic (exact) mass is 430 g/mol. The Morgan fingerprint density at radius 1 is 1.09 bits per heavy atom. The van der Waals surface area contributed by atoms with Crippen molar-refractivity contribution in [3.63, 3.8) is 0 Å². The minimum atomic E-state index is -0.445. The Kier molecular flexibility index (Phi) is 5.90. The molecule has 1 aliphatic heterocycles. The highest BCUT2D eigenvalue weighted by atomic mass is 16.7. The van der Waals surface area contributed by atoms with Crippen LogP contribution < -0.4 is 18.9 Å². The Balaban J connectivity index is 1.52. The van der Waals surface area contributed by atoms with Crippen LogP contribution in [0.15, 0.2) is 60.7 Å². The Morgan fingerprint density at radius 3 is 2.59 bits per heavy atom. The SMILES string of the molecule is COc1cc(/C=C(/C#N)c2ccc3c(c2)OCO3)ccc1OCc1ccc([N+](=O)[O-])cc1. The average molecular weight is 430 g/mol. The minimum Gasteiger partial charge on any atom is -0.493 e. The molecule has 0 aliphatic carbocycles. The van der Waals surface area contributed by atoms with Crippen LogP contribution in [-0.4, -0.2) is 18.8 Å². The quantitative estimate of drug-likeness (QED) is 0.225. The van der Waals surface area contributed by atoms with Crippen LogP contribution in [0, 0.1) is 21.4 Å². The molecule has 0 aromatic heterocycles. The number of ether oxygens (including phenoxy) is 4. The third-order valence-electron chi connectivity index (χ3n) is 4.84. The van der Waals surface area contributed by atoms with Gasteiger partial charge in [-0.3, -0.25) is 10.1 Å². The molecule has 4 rings (SSSR count). The van der Waals surface area contributed by atoms with Gasteiger partial charge in [-0.15, -0.1) is 0 Å². The molecule has 0 N–H and O–H groups in total. The van der Waals surface area contributed by atoms with E-state index in [2.05, 4.69) is 6.07 Å². The number of hydrogen-bond donors (Lipinski definition) is 0. The molecule has 160 valence electrons. The van der Waals surface area contributed by atoms with E-state index in [-0.39, 0.29) is 19.1 Å². The summed E-state index contributed by atoms with van der Waals surface area (Å²) in [4.78, 5) is 10.3. The van der Waals surface area contributed by atoms with Crippen molar-refractivity contribution in [1.82, 2.24) is 0 Å². The molecule has 8 nitrogen and oxygen atoms in total. The lowest BCUT2D eigenvalue weighted by Gasteiger charge is -2.12. The largest absolute Gasteiger partial charge is 0.493 e. The molecular formula is C24H18N2O6. The molecule has 0 spiro atoms. The van der Waals surface area contributed by atoms with Gasteiger partial charge < -0.3 is 18.9 Å². The minimum absolute atomic E-state index is 0.0261. The summed E-state index contributed by atoms with van der Waals surface area (Å²) in [6.07, 6.45) is 1.75. The third kappa shape index (κ3) is 4.47. The normalized spacial score (nSPS) is 12.2. The summed E-state index contributed by atoms with van der Waals surface area (Å²) in [7, 11) is 1.53. The standard InChI is InChI=1S/C24H18N2O6/c1-29-23-11-17(10-19(13-25)18-5-9-22-24(12-18)32-15-31-22)4-8-21(23)30-14-16-2-6-20(7-3-16)26(27)28/h2-12H,14-15H2,1H3/b19-10-. The number of methoxy groups -OCH3 is 1. The van der Waals surface area contributed by atoms with Gasteiger partial charge in [0.2, 0.25) is 6.79 Å². The van der Waals surface area contributed by atoms with Crippen LogP contribution in [0.5, 0.6) is 23.0 Å². The fraction of sp³-hybridized carbons (Fsp3) is 0.125. The molecule has 0 amide bonds. The lowest BCUT2D eigenvalue weighted by molar-refractivity contribution is -0.384. The zero-order valence-electron chi connectivity index (χ0n) is 17.1. The van der Waals surface area contributed by atoms with Crippen LogP contribution in [0.25, 0.3) is 11.6 Å². The van der Waals surface area contributed by atoms with Crippen molar-refractivity contribution in [2.75, 3.05) is 13.9 Å². The topological polar surface area (TPSA) is 104 Å². The first-order valence-electron chi connectivity index (χ1n) is 9.63. The number of nitriles is 1. The highest BCUT2D eigenvalue weighted by Crippen LogP contribution is 2.35. The van der Waals surface area contributed by atoms with E-state index in [0.29, 0.717) is 34.1 Å². The summed E-state index contributed by atoms with van der Waals surface area (Å²) in [5, 5.41) is 20.4. The molecule has 0 fully saturated rings. The van der Waals surface area contributed by atoms with Crippen LogP contribution >= 0.6 is 0 Å².